The lowest BCUT2D eigenvalue weighted by Crippen LogP contribution is -2.13. The summed E-state index contributed by atoms with van der Waals surface area (Å²) in [5.74, 6) is -0.952. The SMILES string of the molecule is CCCNCc1sc2c(F)cc(F)cc2c1CC. The number of aryl methyl sites for hydroxylation is 1. The lowest BCUT2D eigenvalue weighted by molar-refractivity contribution is 0.593. The Hall–Kier alpha value is -1.00. The maximum absolute atomic E-state index is 13.7. The van der Waals surface area contributed by atoms with E-state index in [4.69, 9.17) is 0 Å². The summed E-state index contributed by atoms with van der Waals surface area (Å²) >= 11 is 1.43. The summed E-state index contributed by atoms with van der Waals surface area (Å²) in [4.78, 5) is 1.12. The molecule has 0 amide bonds. The van der Waals surface area contributed by atoms with Crippen molar-refractivity contribution in [2.45, 2.75) is 33.2 Å². The number of fused-ring (bicyclic) bond motifs is 1. The Morgan fingerprint density at radius 2 is 2.00 bits per heavy atom. The number of benzene rings is 1. The van der Waals surface area contributed by atoms with Crippen molar-refractivity contribution in [3.8, 4) is 0 Å². The van der Waals surface area contributed by atoms with E-state index >= 15 is 0 Å². The minimum absolute atomic E-state index is 0.452. The van der Waals surface area contributed by atoms with Gasteiger partial charge in [-0.3, -0.25) is 0 Å². The number of hydrogen-bond donors (Lipinski definition) is 1. The zero-order valence-corrected chi connectivity index (χ0v) is 11.5. The van der Waals surface area contributed by atoms with Crippen LogP contribution in [0.5, 0.6) is 0 Å². The molecular formula is C14H17F2NS. The normalized spacial score (nSPS) is 11.3. The van der Waals surface area contributed by atoms with Crippen molar-refractivity contribution in [2.75, 3.05) is 6.54 Å². The van der Waals surface area contributed by atoms with Gasteiger partial charge in [-0.05, 0) is 31.0 Å². The van der Waals surface area contributed by atoms with E-state index in [1.807, 2.05) is 6.92 Å². The third kappa shape index (κ3) is 2.54. The highest BCUT2D eigenvalue weighted by atomic mass is 32.1. The first-order valence-electron chi connectivity index (χ1n) is 6.27. The molecule has 0 radical (unpaired) electrons. The first-order valence-corrected chi connectivity index (χ1v) is 7.09. The van der Waals surface area contributed by atoms with Crippen LogP contribution in [0, 0.1) is 11.6 Å². The molecule has 0 atom stereocenters. The Kier molecular flexibility index (Phi) is 4.30. The average Bonchev–Trinajstić information content (AvgIpc) is 2.67. The van der Waals surface area contributed by atoms with Crippen LogP contribution in [0.4, 0.5) is 8.78 Å². The van der Waals surface area contributed by atoms with Crippen LogP contribution in [0.1, 0.15) is 30.7 Å². The first kappa shape index (κ1) is 13.4. The largest absolute Gasteiger partial charge is 0.312 e. The molecule has 0 aliphatic heterocycles. The minimum atomic E-state index is -0.499. The predicted octanol–water partition coefficient (Wildman–Crippen LogP) is 4.24. The molecule has 1 aromatic carbocycles. The zero-order chi connectivity index (χ0) is 13.1. The van der Waals surface area contributed by atoms with E-state index in [1.165, 1.54) is 17.4 Å². The number of nitrogens with one attached hydrogen (secondary N) is 1. The van der Waals surface area contributed by atoms with Crippen LogP contribution in [0.3, 0.4) is 0 Å². The van der Waals surface area contributed by atoms with Gasteiger partial charge in [-0.1, -0.05) is 13.8 Å². The Morgan fingerprint density at radius 3 is 2.67 bits per heavy atom. The van der Waals surface area contributed by atoms with Gasteiger partial charge in [0.15, 0.2) is 0 Å². The molecule has 98 valence electrons. The molecule has 2 aromatic rings. The van der Waals surface area contributed by atoms with Gasteiger partial charge in [-0.2, -0.15) is 0 Å². The molecule has 0 aliphatic rings. The molecule has 1 heterocycles. The fourth-order valence-corrected chi connectivity index (χ4v) is 3.38. The number of hydrogen-bond acceptors (Lipinski definition) is 2. The molecular weight excluding hydrogens is 252 g/mol. The van der Waals surface area contributed by atoms with Gasteiger partial charge < -0.3 is 5.32 Å². The lowest BCUT2D eigenvalue weighted by atomic mass is 10.1. The van der Waals surface area contributed by atoms with Crippen molar-refractivity contribution < 1.29 is 8.78 Å². The van der Waals surface area contributed by atoms with Crippen LogP contribution >= 0.6 is 11.3 Å². The summed E-state index contributed by atoms with van der Waals surface area (Å²) in [6.07, 6.45) is 1.86. The summed E-state index contributed by atoms with van der Waals surface area (Å²) in [5.41, 5.74) is 1.07. The smallest absolute Gasteiger partial charge is 0.143 e. The van der Waals surface area contributed by atoms with E-state index in [9.17, 15) is 8.78 Å². The standard InChI is InChI=1S/C14H17F2NS/c1-3-5-17-8-13-10(4-2)11-6-9(15)7-12(16)14(11)18-13/h6-7,17H,3-5,8H2,1-2H3. The molecule has 0 bridgehead atoms. The Morgan fingerprint density at radius 1 is 1.22 bits per heavy atom. The molecule has 4 heteroatoms. The molecule has 1 nitrogen and oxygen atoms in total. The highest BCUT2D eigenvalue weighted by Gasteiger charge is 2.14. The molecule has 1 N–H and O–H groups in total. The number of thiophene rings is 1. The van der Waals surface area contributed by atoms with Crippen LogP contribution in [0.25, 0.3) is 10.1 Å². The van der Waals surface area contributed by atoms with Gasteiger partial charge >= 0.3 is 0 Å². The van der Waals surface area contributed by atoms with E-state index in [1.54, 1.807) is 0 Å². The minimum Gasteiger partial charge on any atom is -0.312 e. The van der Waals surface area contributed by atoms with Gasteiger partial charge in [0.25, 0.3) is 0 Å². The molecule has 0 unspecified atom stereocenters. The highest BCUT2D eigenvalue weighted by Crippen LogP contribution is 2.34. The Labute approximate surface area is 110 Å². The van der Waals surface area contributed by atoms with Crippen LogP contribution in [-0.2, 0) is 13.0 Å². The number of rotatable bonds is 5. The fourth-order valence-electron chi connectivity index (χ4n) is 2.13. The molecule has 0 aliphatic carbocycles. The predicted molar refractivity (Wildman–Crippen MR) is 73.1 cm³/mol. The molecule has 1 aromatic heterocycles. The van der Waals surface area contributed by atoms with Crippen LogP contribution < -0.4 is 5.32 Å². The lowest BCUT2D eigenvalue weighted by Gasteiger charge is -2.03. The van der Waals surface area contributed by atoms with Crippen molar-refractivity contribution in [2.24, 2.45) is 0 Å². The zero-order valence-electron chi connectivity index (χ0n) is 10.6. The maximum Gasteiger partial charge on any atom is 0.143 e. The van der Waals surface area contributed by atoms with Gasteiger partial charge in [0.05, 0.1) is 4.70 Å². The van der Waals surface area contributed by atoms with E-state index in [-0.39, 0.29) is 0 Å². The van der Waals surface area contributed by atoms with Gasteiger partial charge in [0.1, 0.15) is 11.6 Å². The van der Waals surface area contributed by atoms with Crippen molar-refractivity contribution in [3.63, 3.8) is 0 Å². The molecule has 0 fully saturated rings. The van der Waals surface area contributed by atoms with Gasteiger partial charge in [0, 0.05) is 22.9 Å². The monoisotopic (exact) mass is 269 g/mol. The molecule has 18 heavy (non-hydrogen) atoms. The van der Waals surface area contributed by atoms with E-state index in [2.05, 4.69) is 12.2 Å². The van der Waals surface area contributed by atoms with Gasteiger partial charge in [-0.15, -0.1) is 11.3 Å². The topological polar surface area (TPSA) is 12.0 Å². The average molecular weight is 269 g/mol. The third-order valence-corrected chi connectivity index (χ3v) is 4.22. The second-order valence-electron chi connectivity index (χ2n) is 4.30. The maximum atomic E-state index is 13.7. The van der Waals surface area contributed by atoms with Crippen LogP contribution in [0.15, 0.2) is 12.1 Å². The summed E-state index contributed by atoms with van der Waals surface area (Å²) in [5, 5.41) is 4.05. The highest BCUT2D eigenvalue weighted by molar-refractivity contribution is 7.19. The molecule has 0 spiro atoms. The second kappa shape index (κ2) is 5.76. The first-order chi connectivity index (χ1) is 8.67. The molecule has 2 rings (SSSR count). The van der Waals surface area contributed by atoms with Crippen molar-refractivity contribution >= 4 is 21.4 Å². The molecule has 0 saturated heterocycles. The van der Waals surface area contributed by atoms with Crippen molar-refractivity contribution in [1.82, 2.24) is 5.32 Å². The van der Waals surface area contributed by atoms with E-state index in [0.717, 1.165) is 47.8 Å². The summed E-state index contributed by atoms with van der Waals surface area (Å²) in [6.45, 7) is 5.80. The Balaban J connectivity index is 2.44. The third-order valence-electron chi connectivity index (χ3n) is 2.96. The van der Waals surface area contributed by atoms with Crippen molar-refractivity contribution in [3.05, 3.63) is 34.2 Å². The molecule has 0 saturated carbocycles. The van der Waals surface area contributed by atoms with Gasteiger partial charge in [0.2, 0.25) is 0 Å². The Bertz CT molecular complexity index is 548. The van der Waals surface area contributed by atoms with Gasteiger partial charge in [-0.25, -0.2) is 8.78 Å². The van der Waals surface area contributed by atoms with Crippen molar-refractivity contribution in [1.29, 1.82) is 0 Å². The van der Waals surface area contributed by atoms with Crippen LogP contribution in [0.2, 0.25) is 0 Å². The second-order valence-corrected chi connectivity index (χ2v) is 5.40. The van der Waals surface area contributed by atoms with E-state index < -0.39 is 11.6 Å². The van der Waals surface area contributed by atoms with Crippen LogP contribution in [-0.4, -0.2) is 6.54 Å². The van der Waals surface area contributed by atoms with E-state index in [0.29, 0.717) is 4.70 Å². The number of halogens is 2. The fraction of sp³-hybridized carbons (Fsp3) is 0.429. The quantitative estimate of drug-likeness (QED) is 0.800. The summed E-state index contributed by atoms with van der Waals surface area (Å²) in [6, 6.07) is 2.40. The summed E-state index contributed by atoms with van der Waals surface area (Å²) < 4.78 is 27.6. The summed E-state index contributed by atoms with van der Waals surface area (Å²) in [7, 11) is 0.